The van der Waals surface area contributed by atoms with Gasteiger partial charge in [-0.15, -0.1) is 0 Å². The van der Waals surface area contributed by atoms with Gasteiger partial charge in [0.05, 0.1) is 30.5 Å². The van der Waals surface area contributed by atoms with Gasteiger partial charge in [0.1, 0.15) is 5.57 Å². The normalized spacial score (nSPS) is 14.0. The van der Waals surface area contributed by atoms with Crippen LogP contribution in [0.5, 0.6) is 11.5 Å². The van der Waals surface area contributed by atoms with E-state index in [0.29, 0.717) is 5.69 Å². The number of carbonyl (C=O) groups is 5. The molecule has 0 unspecified atom stereocenters. The molecule has 11 nitrogen and oxygen atoms in total. The molecule has 0 bridgehead atoms. The predicted octanol–water partition coefficient (Wildman–Crippen LogP) is 4.44. The van der Waals surface area contributed by atoms with Crippen molar-refractivity contribution in [2.24, 2.45) is 0 Å². The minimum atomic E-state index is -0.952. The van der Waals surface area contributed by atoms with Crippen molar-refractivity contribution in [2.45, 2.75) is 13.8 Å². The summed E-state index contributed by atoms with van der Waals surface area (Å²) >= 11 is 6.43. The van der Waals surface area contributed by atoms with E-state index < -0.39 is 29.7 Å². The van der Waals surface area contributed by atoms with E-state index in [1.165, 1.54) is 56.7 Å². The van der Waals surface area contributed by atoms with E-state index in [9.17, 15) is 24.0 Å². The second-order valence-electron chi connectivity index (χ2n) is 9.17. The summed E-state index contributed by atoms with van der Waals surface area (Å²) in [4.78, 5) is 63.3. The van der Waals surface area contributed by atoms with Crippen molar-refractivity contribution < 1.29 is 38.2 Å². The third kappa shape index (κ3) is 6.42. The van der Waals surface area contributed by atoms with Crippen molar-refractivity contribution in [2.75, 3.05) is 31.0 Å². The molecule has 3 aromatic carbocycles. The number of benzene rings is 3. The summed E-state index contributed by atoms with van der Waals surface area (Å²) in [7, 11) is 2.59. The first-order valence-corrected chi connectivity index (χ1v) is 12.9. The molecular formula is C30H26ClN3O8. The first-order chi connectivity index (χ1) is 20.0. The molecule has 1 aliphatic heterocycles. The summed E-state index contributed by atoms with van der Waals surface area (Å²) in [6.07, 6.45) is 1.24. The third-order valence-corrected chi connectivity index (χ3v) is 6.63. The molecule has 0 aromatic heterocycles. The van der Waals surface area contributed by atoms with Crippen LogP contribution in [0.4, 0.5) is 16.2 Å². The lowest BCUT2D eigenvalue weighted by atomic mass is 10.1. The Labute approximate surface area is 246 Å². The van der Waals surface area contributed by atoms with Crippen LogP contribution in [0.1, 0.15) is 27.0 Å². The van der Waals surface area contributed by atoms with Crippen LogP contribution < -0.4 is 25.0 Å². The number of ether oxygens (including phenoxy) is 3. The van der Waals surface area contributed by atoms with Crippen molar-refractivity contribution in [3.8, 4) is 11.5 Å². The summed E-state index contributed by atoms with van der Waals surface area (Å²) in [5.41, 5.74) is 3.01. The van der Waals surface area contributed by atoms with E-state index in [2.05, 4.69) is 15.4 Å². The SMILES string of the molecule is COC(=O)c1ccc(N2C(=O)NC(=O)/C(=C/c3cc(Cl)c(OCC(=O)Nc4ccc(C)c(C)c4)c(OC)c3)C2=O)cc1. The number of nitrogens with zero attached hydrogens (tertiary/aromatic N) is 1. The fourth-order valence-corrected chi connectivity index (χ4v) is 4.31. The van der Waals surface area contributed by atoms with Crippen LogP contribution in [0.3, 0.4) is 0 Å². The zero-order valence-corrected chi connectivity index (χ0v) is 23.8. The minimum absolute atomic E-state index is 0.0511. The Balaban J connectivity index is 1.54. The van der Waals surface area contributed by atoms with Gasteiger partial charge in [-0.1, -0.05) is 17.7 Å². The van der Waals surface area contributed by atoms with Gasteiger partial charge in [0.25, 0.3) is 17.7 Å². The second kappa shape index (κ2) is 12.6. The number of urea groups is 1. The summed E-state index contributed by atoms with van der Waals surface area (Å²) in [6.45, 7) is 3.54. The number of esters is 1. The number of halogens is 1. The number of methoxy groups -OCH3 is 2. The quantitative estimate of drug-likeness (QED) is 0.223. The van der Waals surface area contributed by atoms with E-state index in [1.54, 1.807) is 6.07 Å². The first-order valence-electron chi connectivity index (χ1n) is 12.5. The Morgan fingerprint density at radius 3 is 2.33 bits per heavy atom. The summed E-state index contributed by atoms with van der Waals surface area (Å²) in [5.74, 6) is -2.59. The number of aryl methyl sites for hydroxylation is 2. The maximum Gasteiger partial charge on any atom is 0.337 e. The van der Waals surface area contributed by atoms with Crippen molar-refractivity contribution in [1.29, 1.82) is 0 Å². The smallest absolute Gasteiger partial charge is 0.337 e. The number of hydrogen-bond donors (Lipinski definition) is 2. The Morgan fingerprint density at radius 2 is 1.69 bits per heavy atom. The van der Waals surface area contributed by atoms with Gasteiger partial charge in [-0.25, -0.2) is 14.5 Å². The Hall–Kier alpha value is -5.16. The number of hydrogen-bond acceptors (Lipinski definition) is 8. The highest BCUT2D eigenvalue weighted by molar-refractivity contribution is 6.39. The zero-order valence-electron chi connectivity index (χ0n) is 23.1. The number of rotatable bonds is 8. The van der Waals surface area contributed by atoms with E-state index in [1.807, 2.05) is 26.0 Å². The molecule has 0 aliphatic carbocycles. The summed E-state index contributed by atoms with van der Waals surface area (Å²) in [6, 6.07) is 13.0. The maximum absolute atomic E-state index is 13.3. The van der Waals surface area contributed by atoms with Crippen LogP contribution in [0.15, 0.2) is 60.2 Å². The van der Waals surface area contributed by atoms with Gasteiger partial charge in [-0.05, 0) is 85.1 Å². The Bertz CT molecular complexity index is 1630. The summed E-state index contributed by atoms with van der Waals surface area (Å²) < 4.78 is 15.7. The van der Waals surface area contributed by atoms with E-state index in [4.69, 9.17) is 21.1 Å². The molecular weight excluding hydrogens is 566 g/mol. The largest absolute Gasteiger partial charge is 0.493 e. The van der Waals surface area contributed by atoms with Crippen LogP contribution >= 0.6 is 11.6 Å². The second-order valence-corrected chi connectivity index (χ2v) is 9.57. The number of barbiturate groups is 1. The average Bonchev–Trinajstić information content (AvgIpc) is 2.96. The number of carbonyl (C=O) groups excluding carboxylic acids is 5. The topological polar surface area (TPSA) is 140 Å². The average molecular weight is 592 g/mol. The molecule has 2 N–H and O–H groups in total. The van der Waals surface area contributed by atoms with Gasteiger partial charge in [-0.2, -0.15) is 0 Å². The van der Waals surface area contributed by atoms with Crippen molar-refractivity contribution in [3.63, 3.8) is 0 Å². The lowest BCUT2D eigenvalue weighted by Crippen LogP contribution is -2.54. The molecule has 0 radical (unpaired) electrons. The molecule has 0 saturated carbocycles. The molecule has 42 heavy (non-hydrogen) atoms. The van der Waals surface area contributed by atoms with Gasteiger partial charge in [0.15, 0.2) is 18.1 Å². The van der Waals surface area contributed by atoms with Crippen LogP contribution in [0.25, 0.3) is 6.08 Å². The van der Waals surface area contributed by atoms with Gasteiger partial charge in [-0.3, -0.25) is 19.7 Å². The van der Waals surface area contributed by atoms with Gasteiger partial charge in [0, 0.05) is 5.69 Å². The van der Waals surface area contributed by atoms with Gasteiger partial charge in [0.2, 0.25) is 0 Å². The molecule has 0 spiro atoms. The molecule has 216 valence electrons. The molecule has 3 aromatic rings. The van der Waals surface area contributed by atoms with E-state index in [-0.39, 0.29) is 45.5 Å². The fourth-order valence-electron chi connectivity index (χ4n) is 4.04. The minimum Gasteiger partial charge on any atom is -0.493 e. The Morgan fingerprint density at radius 1 is 0.976 bits per heavy atom. The highest BCUT2D eigenvalue weighted by Gasteiger charge is 2.37. The van der Waals surface area contributed by atoms with Crippen molar-refractivity contribution in [3.05, 3.63) is 87.4 Å². The molecule has 4 rings (SSSR count). The first kappa shape index (κ1) is 29.8. The fraction of sp³-hybridized carbons (Fsp3) is 0.167. The standard InChI is InChI=1S/C30H26ClN3O8/c1-16-5-8-20(11-17(16)2)32-25(35)15-42-26-23(31)13-18(14-24(26)40-3)12-22-27(36)33-30(39)34(28(22)37)21-9-6-19(7-10-21)29(38)41-4/h5-14H,15H2,1-4H3,(H,32,35)(H,33,36,39)/b22-12-. The number of nitrogens with one attached hydrogen (secondary N) is 2. The third-order valence-electron chi connectivity index (χ3n) is 6.35. The summed E-state index contributed by atoms with van der Waals surface area (Å²) in [5, 5.41) is 4.93. The van der Waals surface area contributed by atoms with Crippen LogP contribution in [-0.4, -0.2) is 50.5 Å². The van der Waals surface area contributed by atoms with Crippen LogP contribution in [0, 0.1) is 13.8 Å². The van der Waals surface area contributed by atoms with Crippen molar-refractivity contribution in [1.82, 2.24) is 5.32 Å². The molecule has 5 amide bonds. The Kier molecular flexibility index (Phi) is 8.92. The lowest BCUT2D eigenvalue weighted by Gasteiger charge is -2.26. The van der Waals surface area contributed by atoms with Crippen LogP contribution in [-0.2, 0) is 19.1 Å². The van der Waals surface area contributed by atoms with Crippen LogP contribution in [0.2, 0.25) is 5.02 Å². The van der Waals surface area contributed by atoms with E-state index >= 15 is 0 Å². The highest BCUT2D eigenvalue weighted by atomic mass is 35.5. The molecule has 1 aliphatic rings. The number of anilines is 2. The molecule has 0 atom stereocenters. The number of imide groups is 2. The van der Waals surface area contributed by atoms with Gasteiger partial charge >= 0.3 is 12.0 Å². The predicted molar refractivity (Wildman–Crippen MR) is 155 cm³/mol. The number of amides is 5. The van der Waals surface area contributed by atoms with E-state index in [0.717, 1.165) is 16.0 Å². The van der Waals surface area contributed by atoms with Gasteiger partial charge < -0.3 is 19.5 Å². The molecule has 1 heterocycles. The highest BCUT2D eigenvalue weighted by Crippen LogP contribution is 2.37. The van der Waals surface area contributed by atoms with Crippen molar-refractivity contribution >= 4 is 58.8 Å². The monoisotopic (exact) mass is 591 g/mol. The maximum atomic E-state index is 13.3. The molecule has 1 saturated heterocycles. The molecule has 1 fully saturated rings. The molecule has 12 heteroatoms. The lowest BCUT2D eigenvalue weighted by molar-refractivity contribution is -0.122. The zero-order chi connectivity index (χ0) is 30.6.